The molecule has 2 aliphatic heterocycles. The lowest BCUT2D eigenvalue weighted by Crippen LogP contribution is -2.46. The number of nitrogen functional groups attached to an aromatic ring is 1. The Balaban J connectivity index is 0.893. The first-order valence-electron chi connectivity index (χ1n) is 38.0. The number of hydrogen-bond acceptors (Lipinski definition) is 24. The Bertz CT molecular complexity index is 4130. The average Bonchev–Trinajstić information content (AvgIpc) is 0.836. The van der Waals surface area contributed by atoms with Crippen molar-refractivity contribution in [3.05, 3.63) is 165 Å². The molecule has 2 aliphatic rings. The second-order valence-electron chi connectivity index (χ2n) is 26.8. The minimum Gasteiger partial charge on any atom is -0.506 e. The van der Waals surface area contributed by atoms with Crippen LogP contribution in [0.4, 0.5) is 5.82 Å². The number of hydrogen-bond donors (Lipinski definition) is 19. The first kappa shape index (κ1) is 86.0. The maximum absolute atomic E-state index is 14.2. The third-order valence-electron chi connectivity index (χ3n) is 18.5. The summed E-state index contributed by atoms with van der Waals surface area (Å²) in [4.78, 5) is 147. The number of carbonyl (C=O) groups is 10. The quantitative estimate of drug-likeness (QED) is 0.0559. The Morgan fingerprint density at radius 2 is 0.768 bits per heavy atom. The van der Waals surface area contributed by atoms with Gasteiger partial charge in [-0.1, -0.05) is 61.4 Å². The van der Waals surface area contributed by atoms with Gasteiger partial charge in [0.05, 0.1) is 44.5 Å². The number of rotatable bonds is 17. The number of anilines is 1. The molecule has 5 aromatic carbocycles. The highest BCUT2D eigenvalue weighted by atomic mass is 16.5. The molecule has 20 N–H and O–H groups in total. The molecule has 3 heterocycles. The van der Waals surface area contributed by atoms with E-state index < -0.39 is 76.3 Å². The van der Waals surface area contributed by atoms with Crippen LogP contribution in [0.3, 0.4) is 0 Å². The summed E-state index contributed by atoms with van der Waals surface area (Å²) in [5.41, 5.74) is 6.35. The molecule has 3 unspecified atom stereocenters. The van der Waals surface area contributed by atoms with Gasteiger partial charge in [0.25, 0.3) is 47.3 Å². The van der Waals surface area contributed by atoms with Gasteiger partial charge < -0.3 is 105 Å². The van der Waals surface area contributed by atoms with Crippen LogP contribution in [0.1, 0.15) is 152 Å². The van der Waals surface area contributed by atoms with E-state index in [1.807, 2.05) is 34.1 Å². The van der Waals surface area contributed by atoms with Crippen LogP contribution in [0, 0.1) is 0 Å². The van der Waals surface area contributed by atoms with Crippen molar-refractivity contribution in [2.75, 3.05) is 150 Å². The number of phenols is 4. The van der Waals surface area contributed by atoms with Crippen LogP contribution in [0.25, 0.3) is 0 Å². The van der Waals surface area contributed by atoms with Gasteiger partial charge in [0, 0.05) is 176 Å². The van der Waals surface area contributed by atoms with E-state index in [-0.39, 0.29) is 154 Å². The maximum Gasteiger partial charge on any atom is 0.318 e. The number of amides is 10. The van der Waals surface area contributed by atoms with Crippen LogP contribution >= 0.6 is 0 Å². The molecule has 112 heavy (non-hydrogen) atoms. The highest BCUT2D eigenvalue weighted by molar-refractivity contribution is 6.06. The fourth-order valence-corrected chi connectivity index (χ4v) is 12.2. The number of para-hydroxylation sites is 4. The fourth-order valence-electron chi connectivity index (χ4n) is 12.2. The molecular weight excluding hydrogens is 1440 g/mol. The number of nitrogens with zero attached hydrogens (tertiary/aromatic N) is 4. The molecule has 6 aromatic rings. The molecular formula is C78H105N19O15. The van der Waals surface area contributed by atoms with Gasteiger partial charge >= 0.3 is 6.01 Å². The van der Waals surface area contributed by atoms with E-state index in [0.717, 1.165) is 24.0 Å². The van der Waals surface area contributed by atoms with E-state index >= 15 is 0 Å². The zero-order chi connectivity index (χ0) is 79.8. The van der Waals surface area contributed by atoms with Crippen molar-refractivity contribution < 1.29 is 73.1 Å². The molecule has 0 radical (unpaired) electrons. The number of nitrogens with two attached hydrogens (primary N) is 1. The zero-order valence-corrected chi connectivity index (χ0v) is 62.9. The molecule has 10 amide bonds. The lowest BCUT2D eigenvalue weighted by molar-refractivity contribution is -0.122. The van der Waals surface area contributed by atoms with E-state index in [1.54, 1.807) is 6.07 Å². The van der Waals surface area contributed by atoms with Crippen molar-refractivity contribution in [1.82, 2.24) is 94.2 Å². The number of aromatic nitrogens is 2. The van der Waals surface area contributed by atoms with Crippen molar-refractivity contribution in [3.8, 4) is 29.0 Å². The molecule has 34 nitrogen and oxygen atoms in total. The number of aromatic hydroxyl groups is 4. The van der Waals surface area contributed by atoms with Gasteiger partial charge in [-0.15, -0.1) is 0 Å². The van der Waals surface area contributed by atoms with Crippen LogP contribution in [0.2, 0.25) is 0 Å². The first-order chi connectivity index (χ1) is 54.3. The Morgan fingerprint density at radius 3 is 1.17 bits per heavy atom. The van der Waals surface area contributed by atoms with Gasteiger partial charge in [-0.3, -0.25) is 57.7 Å². The average molecular weight is 1550 g/mol. The number of benzene rings is 5. The van der Waals surface area contributed by atoms with Crippen molar-refractivity contribution >= 4 is 64.9 Å². The Kier molecular flexibility index (Phi) is 36.0. The predicted molar refractivity (Wildman–Crippen MR) is 418 cm³/mol. The summed E-state index contributed by atoms with van der Waals surface area (Å²) >= 11 is 0. The predicted octanol–water partition coefficient (Wildman–Crippen LogP) is 0.701. The largest absolute Gasteiger partial charge is 0.506 e. The van der Waals surface area contributed by atoms with Crippen LogP contribution in [-0.2, 0) is 22.7 Å². The minimum atomic E-state index is -0.706. The summed E-state index contributed by atoms with van der Waals surface area (Å²) in [7, 11) is 0. The highest BCUT2D eigenvalue weighted by Crippen LogP contribution is 2.27. The van der Waals surface area contributed by atoms with Crippen molar-refractivity contribution in [2.45, 2.75) is 77.0 Å². The highest BCUT2D eigenvalue weighted by Gasteiger charge is 2.26. The van der Waals surface area contributed by atoms with Gasteiger partial charge in [-0.05, 0) is 97.8 Å². The Morgan fingerprint density at radius 1 is 0.411 bits per heavy atom. The van der Waals surface area contributed by atoms with Crippen molar-refractivity contribution in [2.24, 2.45) is 0 Å². The smallest absolute Gasteiger partial charge is 0.318 e. The first-order valence-corrected chi connectivity index (χ1v) is 38.0. The van der Waals surface area contributed by atoms with Gasteiger partial charge in [-0.25, -0.2) is 4.98 Å². The van der Waals surface area contributed by atoms with E-state index in [0.29, 0.717) is 116 Å². The number of nitrogens with one attached hydrogen (secondary N) is 14. The molecule has 602 valence electrons. The van der Waals surface area contributed by atoms with Crippen molar-refractivity contribution in [3.63, 3.8) is 0 Å². The van der Waals surface area contributed by atoms with Gasteiger partial charge in [0.15, 0.2) is 0 Å². The molecule has 0 spiro atoms. The number of carbonyl (C=O) groups excluding carboxylic acids is 10. The lowest BCUT2D eigenvalue weighted by atomic mass is 10.1. The molecule has 8 rings (SSSR count). The summed E-state index contributed by atoms with van der Waals surface area (Å²) in [5, 5.41) is 86.8. The van der Waals surface area contributed by atoms with E-state index in [4.69, 9.17) is 10.5 Å². The molecule has 34 heteroatoms. The number of fused-ring (bicyclic) bond motifs is 11. The topological polar surface area (TPSA) is 488 Å². The standard InChI is InChI=1S/C78H105N19O15/c79-63-26-28-92-78(95-63)112-51-53-24-22-52(23-25-53)49-93-65(99)21-4-2-1-3-20-64(98)84-27-6-5-11-54-50-83-32-31-82-35-38-87-72(106)57-14-9-17-60(68(57)102)75(109)89-40-44-96-43-39-88-73(107)58-15-7-12-55(66(58)100)70(104)85-36-33-80-29-30-81-34-37-86-71(105)56-13-8-16-59(67(56)101)74(108)90-41-45-97(48-47-96)46-42-91-76(110)61-18-10-19-62(69(61)103)77(111)94-54/h7-10,12-19,22-26,28,54,80-83,100-103H,1-6,11,20-21,27,29-51H2,(H,84,98)(H,85,104)(H,86,105)(H,87,106)(H,88,107)(H,89,109)(H,90,108)(H,91,110)(H,93,99)(H,94,111)(H2,79,92,95). The van der Waals surface area contributed by atoms with Crippen LogP contribution < -0.4 is 84.9 Å². The van der Waals surface area contributed by atoms with Crippen molar-refractivity contribution in [1.29, 1.82) is 0 Å². The molecule has 1 aromatic heterocycles. The van der Waals surface area contributed by atoms with Crippen LogP contribution in [0.5, 0.6) is 29.0 Å². The van der Waals surface area contributed by atoms with Gasteiger partial charge in [-0.2, -0.15) is 4.98 Å². The minimum absolute atomic E-state index is 0.0129. The molecule has 3 atom stereocenters. The fraction of sp³-hybridized carbons (Fsp3) is 0.436. The van der Waals surface area contributed by atoms with Gasteiger partial charge in [0.2, 0.25) is 11.8 Å². The molecule has 0 fully saturated rings. The lowest BCUT2D eigenvalue weighted by Gasteiger charge is -2.28. The van der Waals surface area contributed by atoms with Crippen LogP contribution in [-0.4, -0.2) is 249 Å². The third kappa shape index (κ3) is 28.7. The third-order valence-corrected chi connectivity index (χ3v) is 18.5. The van der Waals surface area contributed by atoms with E-state index in [9.17, 15) is 68.4 Å². The summed E-state index contributed by atoms with van der Waals surface area (Å²) < 4.78 is 5.60. The van der Waals surface area contributed by atoms with E-state index in [1.165, 1.54) is 79.0 Å². The van der Waals surface area contributed by atoms with Crippen LogP contribution in [0.15, 0.2) is 109 Å². The summed E-state index contributed by atoms with van der Waals surface area (Å²) in [6.07, 6.45) is 6.75. The normalized spacial score (nSPS) is 18.1. The zero-order valence-electron chi connectivity index (χ0n) is 62.9. The Hall–Kier alpha value is -11.6. The number of unbranched alkanes of at least 4 members (excludes halogenated alkanes) is 4. The summed E-state index contributed by atoms with van der Waals surface area (Å²) in [6, 6.07) is 25.9. The number of ether oxygens (including phenoxy) is 1. The molecule has 0 aliphatic carbocycles. The maximum atomic E-state index is 14.2. The second kappa shape index (κ2) is 46.8. The monoisotopic (exact) mass is 1550 g/mol. The second-order valence-corrected chi connectivity index (χ2v) is 26.8. The molecule has 0 saturated heterocycles. The number of phenolic OH excluding ortho intramolecular Hbond substituents is 4. The molecule has 0 saturated carbocycles. The SMILES string of the molecule is Nc1ccnc(OCc2ccc(CNC(=O)CCCCCCC(=O)NCCCCC3CNCCNCCNC(=O)c4cccc(c4O)C(=O)NCCN4CCNC(=O)c5cccc(c5O)C(=O)NCCNCCNCCNC(=O)c5cccc(c5O)C(=O)NCCN(CCNC(=O)c5cccc(c5O)C(=O)N3)CC4)cc2)n1. The van der Waals surface area contributed by atoms with Gasteiger partial charge in [0.1, 0.15) is 35.4 Å². The van der Waals surface area contributed by atoms with E-state index in [2.05, 4.69) is 84.4 Å². The summed E-state index contributed by atoms with van der Waals surface area (Å²) in [5.74, 6) is -7.25. The Labute approximate surface area is 650 Å². The summed E-state index contributed by atoms with van der Waals surface area (Å²) in [6.45, 7) is 5.67. The molecule has 10 bridgehead atoms.